The Morgan fingerprint density at radius 1 is 1.00 bits per heavy atom. The first-order valence-electron chi connectivity index (χ1n) is 8.84. The Balaban J connectivity index is 1.83. The first kappa shape index (κ1) is 18.5. The molecule has 0 bridgehead atoms. The fraction of sp³-hybridized carbons (Fsp3) is 0.238. The summed E-state index contributed by atoms with van der Waals surface area (Å²) >= 11 is 0. The fourth-order valence-corrected chi connectivity index (χ4v) is 2.75. The van der Waals surface area contributed by atoms with Crippen molar-refractivity contribution in [1.82, 2.24) is 9.97 Å². The van der Waals surface area contributed by atoms with Gasteiger partial charge in [0.2, 0.25) is 5.95 Å². The maximum atomic E-state index is 5.42. The number of ether oxygens (including phenoxy) is 2. The molecule has 0 saturated carbocycles. The zero-order valence-electron chi connectivity index (χ0n) is 15.8. The van der Waals surface area contributed by atoms with Gasteiger partial charge in [-0.05, 0) is 30.7 Å². The van der Waals surface area contributed by atoms with E-state index in [2.05, 4.69) is 39.2 Å². The van der Waals surface area contributed by atoms with Crippen molar-refractivity contribution in [3.8, 4) is 11.5 Å². The van der Waals surface area contributed by atoms with E-state index in [9.17, 15) is 0 Å². The highest BCUT2D eigenvalue weighted by Crippen LogP contribution is 2.31. The number of hydrogen-bond acceptors (Lipinski definition) is 6. The summed E-state index contributed by atoms with van der Waals surface area (Å²) in [6.45, 7) is 3.65. The third kappa shape index (κ3) is 4.67. The van der Waals surface area contributed by atoms with E-state index in [1.54, 1.807) is 20.4 Å². The summed E-state index contributed by atoms with van der Waals surface area (Å²) in [6.07, 6.45) is 1.75. The van der Waals surface area contributed by atoms with Crippen LogP contribution in [0.15, 0.2) is 60.8 Å². The maximum absolute atomic E-state index is 5.42. The van der Waals surface area contributed by atoms with Crippen molar-refractivity contribution in [3.05, 3.63) is 66.4 Å². The molecule has 0 unspecified atom stereocenters. The lowest BCUT2D eigenvalue weighted by atomic mass is 10.2. The van der Waals surface area contributed by atoms with Gasteiger partial charge < -0.3 is 19.7 Å². The molecule has 0 aliphatic rings. The predicted molar refractivity (Wildman–Crippen MR) is 108 cm³/mol. The molecule has 0 fully saturated rings. The Labute approximate surface area is 159 Å². The third-order valence-corrected chi connectivity index (χ3v) is 4.19. The van der Waals surface area contributed by atoms with Crippen LogP contribution < -0.4 is 19.7 Å². The van der Waals surface area contributed by atoms with Crippen LogP contribution in [0.2, 0.25) is 0 Å². The van der Waals surface area contributed by atoms with Crippen LogP contribution in [0.25, 0.3) is 0 Å². The van der Waals surface area contributed by atoms with Crippen LogP contribution in [0.4, 0.5) is 17.5 Å². The number of anilines is 3. The molecule has 6 heteroatoms. The molecule has 0 saturated heterocycles. The number of rotatable bonds is 8. The maximum Gasteiger partial charge on any atom is 0.227 e. The van der Waals surface area contributed by atoms with Crippen LogP contribution in [0, 0.1) is 0 Å². The van der Waals surface area contributed by atoms with Crippen molar-refractivity contribution in [1.29, 1.82) is 0 Å². The highest BCUT2D eigenvalue weighted by Gasteiger charge is 2.11. The van der Waals surface area contributed by atoms with E-state index in [0.717, 1.165) is 24.5 Å². The van der Waals surface area contributed by atoms with Crippen LogP contribution in [0.3, 0.4) is 0 Å². The summed E-state index contributed by atoms with van der Waals surface area (Å²) in [5, 5.41) is 3.30. The number of nitrogens with zero attached hydrogens (tertiary/aromatic N) is 3. The minimum atomic E-state index is 0.674. The van der Waals surface area contributed by atoms with E-state index in [1.807, 2.05) is 42.5 Å². The minimum Gasteiger partial charge on any atom is -0.497 e. The predicted octanol–water partition coefficient (Wildman–Crippen LogP) is 4.26. The van der Waals surface area contributed by atoms with Gasteiger partial charge in [-0.15, -0.1) is 0 Å². The van der Waals surface area contributed by atoms with Crippen molar-refractivity contribution in [2.75, 3.05) is 31.0 Å². The summed E-state index contributed by atoms with van der Waals surface area (Å²) in [4.78, 5) is 11.2. The first-order chi connectivity index (χ1) is 13.2. The lowest BCUT2D eigenvalue weighted by molar-refractivity contribution is 0.405. The van der Waals surface area contributed by atoms with E-state index in [0.29, 0.717) is 17.5 Å². The second-order valence-electron chi connectivity index (χ2n) is 5.93. The SMILES string of the molecule is CCN(Cc1ccccc1)c1nccc(Nc2cc(OC)ccc2OC)n1. The monoisotopic (exact) mass is 364 g/mol. The Bertz CT molecular complexity index is 871. The van der Waals surface area contributed by atoms with Crippen LogP contribution in [-0.4, -0.2) is 30.7 Å². The van der Waals surface area contributed by atoms with Gasteiger partial charge in [0.1, 0.15) is 17.3 Å². The average molecular weight is 364 g/mol. The molecule has 1 aromatic heterocycles. The Kier molecular flexibility index (Phi) is 6.10. The number of methoxy groups -OCH3 is 2. The summed E-state index contributed by atoms with van der Waals surface area (Å²) in [6, 6.07) is 17.7. The molecule has 2 aromatic carbocycles. The molecule has 0 aliphatic heterocycles. The molecule has 3 rings (SSSR count). The summed E-state index contributed by atoms with van der Waals surface area (Å²) in [5.74, 6) is 2.82. The third-order valence-electron chi connectivity index (χ3n) is 4.19. The molecular weight excluding hydrogens is 340 g/mol. The molecule has 0 amide bonds. The smallest absolute Gasteiger partial charge is 0.227 e. The van der Waals surface area contributed by atoms with Gasteiger partial charge in [0, 0.05) is 25.4 Å². The molecule has 0 radical (unpaired) electrons. The molecule has 1 heterocycles. The number of benzene rings is 2. The summed E-state index contributed by atoms with van der Waals surface area (Å²) in [5.41, 5.74) is 2.00. The second kappa shape index (κ2) is 8.89. The van der Waals surface area contributed by atoms with Crippen molar-refractivity contribution in [2.45, 2.75) is 13.5 Å². The molecule has 6 nitrogen and oxygen atoms in total. The minimum absolute atomic E-state index is 0.674. The number of hydrogen-bond donors (Lipinski definition) is 1. The van der Waals surface area contributed by atoms with Gasteiger partial charge >= 0.3 is 0 Å². The summed E-state index contributed by atoms with van der Waals surface area (Å²) in [7, 11) is 3.27. The van der Waals surface area contributed by atoms with E-state index in [-0.39, 0.29) is 0 Å². The van der Waals surface area contributed by atoms with Gasteiger partial charge in [0.15, 0.2) is 0 Å². The van der Waals surface area contributed by atoms with E-state index < -0.39 is 0 Å². The zero-order valence-corrected chi connectivity index (χ0v) is 15.8. The lowest BCUT2D eigenvalue weighted by Crippen LogP contribution is -2.24. The van der Waals surface area contributed by atoms with Crippen LogP contribution in [0.1, 0.15) is 12.5 Å². The number of aromatic nitrogens is 2. The Morgan fingerprint density at radius 2 is 1.81 bits per heavy atom. The number of nitrogens with one attached hydrogen (secondary N) is 1. The molecule has 140 valence electrons. The first-order valence-corrected chi connectivity index (χ1v) is 8.84. The zero-order chi connectivity index (χ0) is 19.1. The largest absolute Gasteiger partial charge is 0.497 e. The van der Waals surface area contributed by atoms with E-state index in [1.165, 1.54) is 5.56 Å². The van der Waals surface area contributed by atoms with Gasteiger partial charge in [-0.3, -0.25) is 0 Å². The van der Waals surface area contributed by atoms with Crippen LogP contribution in [-0.2, 0) is 6.54 Å². The van der Waals surface area contributed by atoms with Crippen molar-refractivity contribution >= 4 is 17.5 Å². The molecular formula is C21H24N4O2. The molecule has 0 aliphatic carbocycles. The highest BCUT2D eigenvalue weighted by molar-refractivity contribution is 5.66. The molecule has 1 N–H and O–H groups in total. The van der Waals surface area contributed by atoms with Crippen molar-refractivity contribution < 1.29 is 9.47 Å². The molecule has 0 spiro atoms. The standard InChI is InChI=1S/C21H24N4O2/c1-4-25(15-16-8-6-5-7-9-16)21-22-13-12-20(24-21)23-18-14-17(26-2)10-11-19(18)27-3/h5-14H,4,15H2,1-3H3,(H,22,23,24). The summed E-state index contributed by atoms with van der Waals surface area (Å²) < 4.78 is 10.7. The Hall–Kier alpha value is -3.28. The highest BCUT2D eigenvalue weighted by atomic mass is 16.5. The van der Waals surface area contributed by atoms with E-state index >= 15 is 0 Å². The Morgan fingerprint density at radius 3 is 2.52 bits per heavy atom. The van der Waals surface area contributed by atoms with Gasteiger partial charge in [-0.25, -0.2) is 4.98 Å². The average Bonchev–Trinajstić information content (AvgIpc) is 2.73. The van der Waals surface area contributed by atoms with Gasteiger partial charge in [0.25, 0.3) is 0 Å². The molecule has 27 heavy (non-hydrogen) atoms. The van der Waals surface area contributed by atoms with E-state index in [4.69, 9.17) is 9.47 Å². The van der Waals surface area contributed by atoms with Gasteiger partial charge in [0.05, 0.1) is 19.9 Å². The second-order valence-corrected chi connectivity index (χ2v) is 5.93. The topological polar surface area (TPSA) is 59.5 Å². The molecule has 0 atom stereocenters. The lowest BCUT2D eigenvalue weighted by Gasteiger charge is -2.21. The normalized spacial score (nSPS) is 10.3. The van der Waals surface area contributed by atoms with Crippen LogP contribution >= 0.6 is 0 Å². The molecule has 3 aromatic rings. The fourth-order valence-electron chi connectivity index (χ4n) is 2.75. The van der Waals surface area contributed by atoms with Crippen molar-refractivity contribution in [3.63, 3.8) is 0 Å². The van der Waals surface area contributed by atoms with Crippen molar-refractivity contribution in [2.24, 2.45) is 0 Å². The quantitative estimate of drug-likeness (QED) is 0.644. The van der Waals surface area contributed by atoms with Gasteiger partial charge in [-0.2, -0.15) is 4.98 Å². The van der Waals surface area contributed by atoms with Gasteiger partial charge in [-0.1, -0.05) is 30.3 Å². The van der Waals surface area contributed by atoms with Crippen LogP contribution in [0.5, 0.6) is 11.5 Å².